The summed E-state index contributed by atoms with van der Waals surface area (Å²) in [5.41, 5.74) is 3.06. The number of carbonyl (C=O) groups excluding carboxylic acids is 1. The molecule has 0 aromatic heterocycles. The maximum Gasteiger partial charge on any atom is 0.185 e. The zero-order chi connectivity index (χ0) is 17.4. The van der Waals surface area contributed by atoms with Crippen molar-refractivity contribution in [2.45, 2.75) is 52.4 Å². The Morgan fingerprint density at radius 1 is 0.870 bits per heavy atom. The lowest BCUT2D eigenvalue weighted by Gasteiger charge is -2.28. The summed E-state index contributed by atoms with van der Waals surface area (Å²) in [5, 5.41) is 10.7. The van der Waals surface area contributed by atoms with Gasteiger partial charge in [-0.2, -0.15) is 0 Å². The first-order valence-corrected chi connectivity index (χ1v) is 7.99. The van der Waals surface area contributed by atoms with Gasteiger partial charge in [0.05, 0.1) is 0 Å². The average molecular weight is 310 g/mol. The van der Waals surface area contributed by atoms with Gasteiger partial charge in [-0.25, -0.2) is 0 Å². The van der Waals surface area contributed by atoms with E-state index in [0.29, 0.717) is 11.3 Å². The van der Waals surface area contributed by atoms with E-state index in [2.05, 4.69) is 41.5 Å². The number of phenolic OH excluding ortho intramolecular Hbond substituents is 1. The summed E-state index contributed by atoms with van der Waals surface area (Å²) in [4.78, 5) is 12.0. The second kappa shape index (κ2) is 5.84. The maximum absolute atomic E-state index is 12.0. The molecule has 0 fully saturated rings. The van der Waals surface area contributed by atoms with Crippen molar-refractivity contribution in [3.05, 3.63) is 58.7 Å². The number of hydrogen-bond acceptors (Lipinski definition) is 2. The molecule has 0 bridgehead atoms. The third-order valence-corrected chi connectivity index (χ3v) is 3.99. The van der Waals surface area contributed by atoms with E-state index >= 15 is 0 Å². The van der Waals surface area contributed by atoms with Gasteiger partial charge in [-0.05, 0) is 40.7 Å². The first-order valence-electron chi connectivity index (χ1n) is 7.99. The molecule has 0 spiro atoms. The van der Waals surface area contributed by atoms with Crippen LogP contribution in [0.25, 0.3) is 6.08 Å². The molecule has 1 aromatic rings. The van der Waals surface area contributed by atoms with E-state index in [1.54, 1.807) is 12.2 Å². The topological polar surface area (TPSA) is 37.3 Å². The van der Waals surface area contributed by atoms with E-state index in [-0.39, 0.29) is 16.6 Å². The zero-order valence-electron chi connectivity index (χ0n) is 14.9. The van der Waals surface area contributed by atoms with Crippen LogP contribution in [0.4, 0.5) is 0 Å². The fourth-order valence-electron chi connectivity index (χ4n) is 2.66. The highest BCUT2D eigenvalue weighted by Gasteiger charge is 2.26. The fraction of sp³-hybridized carbons (Fsp3) is 0.381. The molecule has 0 amide bonds. The number of carbonyl (C=O) groups is 1. The van der Waals surface area contributed by atoms with Crippen LogP contribution in [0.1, 0.15) is 58.2 Å². The molecule has 1 aromatic carbocycles. The number of allylic oxidation sites excluding steroid dienone is 5. The Labute approximate surface area is 139 Å². The summed E-state index contributed by atoms with van der Waals surface area (Å²) in [5.74, 6) is 0.368. The van der Waals surface area contributed by atoms with E-state index in [1.165, 1.54) is 0 Å². The van der Waals surface area contributed by atoms with Crippen molar-refractivity contribution in [2.75, 3.05) is 0 Å². The minimum Gasteiger partial charge on any atom is -0.507 e. The summed E-state index contributed by atoms with van der Waals surface area (Å²) in [6, 6.07) is 3.97. The quantitative estimate of drug-likeness (QED) is 0.736. The minimum absolute atomic E-state index is 0.00944. The molecule has 0 atom stereocenters. The summed E-state index contributed by atoms with van der Waals surface area (Å²) < 4.78 is 0. The maximum atomic E-state index is 12.0. The zero-order valence-corrected chi connectivity index (χ0v) is 14.9. The molecule has 1 N–H and O–H groups in total. The monoisotopic (exact) mass is 310 g/mol. The van der Waals surface area contributed by atoms with Crippen molar-refractivity contribution in [1.82, 2.24) is 0 Å². The summed E-state index contributed by atoms with van der Waals surface area (Å²) in [6.45, 7) is 12.5. The molecule has 0 unspecified atom stereocenters. The third kappa shape index (κ3) is 3.82. The Hall–Kier alpha value is -2.09. The van der Waals surface area contributed by atoms with Crippen molar-refractivity contribution >= 4 is 11.9 Å². The van der Waals surface area contributed by atoms with Gasteiger partial charge in [-0.15, -0.1) is 0 Å². The van der Waals surface area contributed by atoms with Crippen molar-refractivity contribution in [1.29, 1.82) is 0 Å². The van der Waals surface area contributed by atoms with Gasteiger partial charge in [0.2, 0.25) is 0 Å². The highest BCUT2D eigenvalue weighted by Crippen LogP contribution is 2.40. The molecule has 0 aliphatic heterocycles. The van der Waals surface area contributed by atoms with E-state index in [1.807, 2.05) is 30.4 Å². The van der Waals surface area contributed by atoms with E-state index < -0.39 is 0 Å². The summed E-state index contributed by atoms with van der Waals surface area (Å²) in [7, 11) is 0. The van der Waals surface area contributed by atoms with Gasteiger partial charge in [-0.3, -0.25) is 4.79 Å². The molecule has 0 saturated carbocycles. The van der Waals surface area contributed by atoms with Crippen LogP contribution in [0.15, 0.2) is 42.0 Å². The Balaban J connectivity index is 2.66. The molecule has 0 radical (unpaired) electrons. The Kier molecular flexibility index (Phi) is 4.39. The highest BCUT2D eigenvalue weighted by atomic mass is 16.3. The molecular formula is C21H26O2. The molecule has 1 aliphatic carbocycles. The average Bonchev–Trinajstić information content (AvgIpc) is 2.40. The third-order valence-electron chi connectivity index (χ3n) is 3.99. The number of ketones is 1. The van der Waals surface area contributed by atoms with Crippen molar-refractivity contribution < 1.29 is 9.90 Å². The molecule has 0 saturated heterocycles. The SMILES string of the molecule is CC(C)(C)c1cc(/C=C2\C=CC=CC2=O)cc(C(C)(C)C)c1O. The lowest BCUT2D eigenvalue weighted by atomic mass is 9.78. The van der Waals surface area contributed by atoms with Crippen LogP contribution >= 0.6 is 0 Å². The molecule has 2 nitrogen and oxygen atoms in total. The number of phenols is 1. The van der Waals surface area contributed by atoms with Gasteiger partial charge in [0.25, 0.3) is 0 Å². The van der Waals surface area contributed by atoms with Crippen molar-refractivity contribution in [2.24, 2.45) is 0 Å². The minimum atomic E-state index is -0.176. The van der Waals surface area contributed by atoms with Gasteiger partial charge in [0, 0.05) is 16.7 Å². The van der Waals surface area contributed by atoms with Crippen LogP contribution in [0.5, 0.6) is 5.75 Å². The van der Waals surface area contributed by atoms with Gasteiger partial charge in [0.1, 0.15) is 5.75 Å². The second-order valence-electron chi connectivity index (χ2n) is 8.15. The van der Waals surface area contributed by atoms with Crippen LogP contribution < -0.4 is 0 Å². The van der Waals surface area contributed by atoms with Crippen molar-refractivity contribution in [3.8, 4) is 5.75 Å². The molecule has 0 heterocycles. The number of benzene rings is 1. The summed E-state index contributed by atoms with van der Waals surface area (Å²) in [6.07, 6.45) is 8.90. The predicted octanol–water partition coefficient (Wildman–Crippen LogP) is 5.07. The lowest BCUT2D eigenvalue weighted by Crippen LogP contribution is -2.17. The molecule has 1 aliphatic rings. The Bertz CT molecular complexity index is 682. The predicted molar refractivity (Wildman–Crippen MR) is 96.8 cm³/mol. The van der Waals surface area contributed by atoms with Gasteiger partial charge in [-0.1, -0.05) is 59.8 Å². The smallest absolute Gasteiger partial charge is 0.185 e. The van der Waals surface area contributed by atoms with Crippen LogP contribution in [-0.4, -0.2) is 10.9 Å². The molecule has 2 heteroatoms. The van der Waals surface area contributed by atoms with E-state index in [0.717, 1.165) is 16.7 Å². The first kappa shape index (κ1) is 17.3. The second-order valence-corrected chi connectivity index (χ2v) is 8.15. The van der Waals surface area contributed by atoms with Crippen LogP contribution in [0.2, 0.25) is 0 Å². The molecule has 23 heavy (non-hydrogen) atoms. The number of rotatable bonds is 1. The van der Waals surface area contributed by atoms with Crippen LogP contribution in [0.3, 0.4) is 0 Å². The molecule has 2 rings (SSSR count). The lowest BCUT2D eigenvalue weighted by molar-refractivity contribution is -0.111. The van der Waals surface area contributed by atoms with Crippen molar-refractivity contribution in [3.63, 3.8) is 0 Å². The normalized spacial score (nSPS) is 17.1. The summed E-state index contributed by atoms with van der Waals surface area (Å²) >= 11 is 0. The standard InChI is InChI=1S/C21H26O2/c1-20(2,3)16-12-14(11-15-9-7-8-10-18(15)22)13-17(19(16)23)21(4,5)6/h7-13,23H,1-6H3/b15-11+. The Morgan fingerprint density at radius 3 is 1.78 bits per heavy atom. The van der Waals surface area contributed by atoms with E-state index in [9.17, 15) is 9.90 Å². The van der Waals surface area contributed by atoms with E-state index in [4.69, 9.17) is 0 Å². The number of aromatic hydroxyl groups is 1. The first-order chi connectivity index (χ1) is 10.5. The van der Waals surface area contributed by atoms with Crippen LogP contribution in [0, 0.1) is 0 Å². The van der Waals surface area contributed by atoms with Gasteiger partial charge >= 0.3 is 0 Å². The Morgan fingerprint density at radius 2 is 1.35 bits per heavy atom. The van der Waals surface area contributed by atoms with Crippen LogP contribution in [-0.2, 0) is 15.6 Å². The molecular weight excluding hydrogens is 284 g/mol. The highest BCUT2D eigenvalue weighted by molar-refractivity contribution is 6.10. The molecule has 122 valence electrons. The fourth-order valence-corrected chi connectivity index (χ4v) is 2.66. The largest absolute Gasteiger partial charge is 0.507 e. The number of hydrogen-bond donors (Lipinski definition) is 1. The van der Waals surface area contributed by atoms with Gasteiger partial charge < -0.3 is 5.11 Å². The van der Waals surface area contributed by atoms with Gasteiger partial charge in [0.15, 0.2) is 5.78 Å².